The lowest BCUT2D eigenvalue weighted by Crippen LogP contribution is -2.37. The molecular formula is C29H33ClN4O3. The lowest BCUT2D eigenvalue weighted by molar-refractivity contribution is -0.132. The molecule has 2 heterocycles. The Morgan fingerprint density at radius 2 is 1.70 bits per heavy atom. The number of imidazole rings is 1. The first kappa shape index (κ1) is 26.5. The predicted octanol–water partition coefficient (Wildman–Crippen LogP) is 5.12. The van der Waals surface area contributed by atoms with E-state index in [4.69, 9.17) is 21.1 Å². The molecule has 0 fully saturated rings. The van der Waals surface area contributed by atoms with Crippen molar-refractivity contribution in [3.63, 3.8) is 0 Å². The van der Waals surface area contributed by atoms with Crippen LogP contribution in [0.3, 0.4) is 0 Å². The van der Waals surface area contributed by atoms with E-state index in [2.05, 4.69) is 9.88 Å². The molecule has 0 saturated carbocycles. The number of hydrogen-bond acceptors (Lipinski definition) is 5. The highest BCUT2D eigenvalue weighted by molar-refractivity contribution is 6.30. The van der Waals surface area contributed by atoms with Gasteiger partial charge in [0.15, 0.2) is 0 Å². The van der Waals surface area contributed by atoms with Crippen molar-refractivity contribution >= 4 is 23.2 Å². The van der Waals surface area contributed by atoms with E-state index in [1.54, 1.807) is 14.2 Å². The number of methoxy groups -OCH3 is 2. The second-order valence-corrected chi connectivity index (χ2v) is 9.70. The maximum Gasteiger partial charge on any atom is 0.223 e. The molecule has 194 valence electrons. The van der Waals surface area contributed by atoms with Gasteiger partial charge in [0.25, 0.3) is 0 Å². The molecule has 0 N–H and O–H groups in total. The van der Waals surface area contributed by atoms with Crippen LogP contribution in [0.2, 0.25) is 5.02 Å². The summed E-state index contributed by atoms with van der Waals surface area (Å²) < 4.78 is 13.0. The zero-order valence-electron chi connectivity index (χ0n) is 21.7. The zero-order chi connectivity index (χ0) is 26.4. The number of fused-ring (bicyclic) bond motifs is 1. The molecule has 2 aromatic carbocycles. The Kier molecular flexibility index (Phi) is 8.69. The van der Waals surface area contributed by atoms with Gasteiger partial charge >= 0.3 is 0 Å². The van der Waals surface area contributed by atoms with Gasteiger partial charge in [-0.25, -0.2) is 4.98 Å². The van der Waals surface area contributed by atoms with Crippen LogP contribution in [0.5, 0.6) is 11.5 Å². The van der Waals surface area contributed by atoms with E-state index < -0.39 is 0 Å². The van der Waals surface area contributed by atoms with Crippen LogP contribution in [0, 0.1) is 0 Å². The molecule has 0 aliphatic heterocycles. The molecule has 0 radical (unpaired) electrons. The van der Waals surface area contributed by atoms with Crippen molar-refractivity contribution in [2.75, 3.05) is 41.4 Å². The number of rotatable bonds is 11. The van der Waals surface area contributed by atoms with Crippen molar-refractivity contribution in [1.29, 1.82) is 0 Å². The summed E-state index contributed by atoms with van der Waals surface area (Å²) >= 11 is 6.34. The van der Waals surface area contributed by atoms with Gasteiger partial charge in [0.2, 0.25) is 5.91 Å². The Bertz CT molecular complexity index is 1320. The SMILES string of the molecule is COc1cc(OC)cc(C(CC(=O)N(CCN(C)C)Cc2ccccc2)c2cnc3ccc(Cl)cn23)c1. The number of carbonyl (C=O) groups excluding carboxylic acids is 1. The molecule has 1 unspecified atom stereocenters. The summed E-state index contributed by atoms with van der Waals surface area (Å²) in [5, 5.41) is 0.594. The van der Waals surface area contributed by atoms with Gasteiger partial charge in [0.1, 0.15) is 17.1 Å². The van der Waals surface area contributed by atoms with E-state index in [-0.39, 0.29) is 18.2 Å². The number of likely N-dealkylation sites (N-methyl/N-ethyl adjacent to an activating group) is 1. The maximum atomic E-state index is 13.9. The summed E-state index contributed by atoms with van der Waals surface area (Å²) in [7, 11) is 7.27. The third-order valence-corrected chi connectivity index (χ3v) is 6.62. The van der Waals surface area contributed by atoms with Crippen LogP contribution in [0.15, 0.2) is 73.1 Å². The van der Waals surface area contributed by atoms with Crippen LogP contribution in [-0.2, 0) is 11.3 Å². The quantitative estimate of drug-likeness (QED) is 0.275. The Morgan fingerprint density at radius 1 is 1.00 bits per heavy atom. The molecule has 0 aliphatic carbocycles. The second-order valence-electron chi connectivity index (χ2n) is 9.27. The molecule has 4 aromatic rings. The molecule has 1 amide bonds. The molecule has 2 aromatic heterocycles. The average Bonchev–Trinajstić information content (AvgIpc) is 3.32. The molecule has 1 atom stereocenters. The number of pyridine rings is 1. The molecule has 0 saturated heterocycles. The minimum Gasteiger partial charge on any atom is -0.497 e. The Labute approximate surface area is 223 Å². The first-order chi connectivity index (χ1) is 17.9. The van der Waals surface area contributed by atoms with Crippen molar-refractivity contribution in [3.05, 3.63) is 94.9 Å². The molecule has 8 heteroatoms. The summed E-state index contributed by atoms with van der Waals surface area (Å²) in [6.07, 6.45) is 3.90. The molecule has 7 nitrogen and oxygen atoms in total. The molecule has 0 aliphatic rings. The van der Waals surface area contributed by atoms with Crippen molar-refractivity contribution in [3.8, 4) is 11.5 Å². The molecule has 37 heavy (non-hydrogen) atoms. The van der Waals surface area contributed by atoms with E-state index in [0.717, 1.165) is 29.0 Å². The molecule has 0 spiro atoms. The van der Waals surface area contributed by atoms with Gasteiger partial charge < -0.3 is 23.7 Å². The van der Waals surface area contributed by atoms with Crippen LogP contribution >= 0.6 is 11.6 Å². The fourth-order valence-electron chi connectivity index (χ4n) is 4.38. The first-order valence-corrected chi connectivity index (χ1v) is 12.6. The highest BCUT2D eigenvalue weighted by atomic mass is 35.5. The number of benzene rings is 2. The normalized spacial score (nSPS) is 12.1. The summed E-state index contributed by atoms with van der Waals surface area (Å²) in [5.74, 6) is 1.07. The number of carbonyl (C=O) groups is 1. The average molecular weight is 521 g/mol. The van der Waals surface area contributed by atoms with Gasteiger partial charge in [0, 0.05) is 50.4 Å². The van der Waals surface area contributed by atoms with Gasteiger partial charge in [-0.15, -0.1) is 0 Å². The summed E-state index contributed by atoms with van der Waals surface area (Å²) in [6.45, 7) is 1.93. The summed E-state index contributed by atoms with van der Waals surface area (Å²) in [6, 6.07) is 19.5. The second kappa shape index (κ2) is 12.1. The number of ether oxygens (including phenoxy) is 2. The van der Waals surface area contributed by atoms with Gasteiger partial charge in [-0.3, -0.25) is 4.79 Å². The molecule has 0 bridgehead atoms. The van der Waals surface area contributed by atoms with Gasteiger partial charge in [-0.05, 0) is 49.5 Å². The number of nitrogens with zero attached hydrogens (tertiary/aromatic N) is 4. The van der Waals surface area contributed by atoms with E-state index in [0.29, 0.717) is 29.6 Å². The highest BCUT2D eigenvalue weighted by Crippen LogP contribution is 2.35. The lowest BCUT2D eigenvalue weighted by Gasteiger charge is -2.27. The summed E-state index contributed by atoms with van der Waals surface area (Å²) in [5.41, 5.74) is 3.63. The van der Waals surface area contributed by atoms with Crippen molar-refractivity contribution < 1.29 is 14.3 Å². The predicted molar refractivity (Wildman–Crippen MR) is 147 cm³/mol. The van der Waals surface area contributed by atoms with E-state index in [1.807, 2.05) is 96.5 Å². The minimum atomic E-state index is -0.303. The van der Waals surface area contributed by atoms with Crippen LogP contribution in [-0.4, -0.2) is 66.5 Å². The molecule has 4 rings (SSSR count). The monoisotopic (exact) mass is 520 g/mol. The lowest BCUT2D eigenvalue weighted by atomic mass is 9.91. The number of halogens is 1. The highest BCUT2D eigenvalue weighted by Gasteiger charge is 2.26. The minimum absolute atomic E-state index is 0.0504. The van der Waals surface area contributed by atoms with Crippen LogP contribution in [0.4, 0.5) is 0 Å². The smallest absolute Gasteiger partial charge is 0.223 e. The van der Waals surface area contributed by atoms with Crippen LogP contribution in [0.25, 0.3) is 5.65 Å². The van der Waals surface area contributed by atoms with Gasteiger partial charge in [0.05, 0.1) is 24.9 Å². The van der Waals surface area contributed by atoms with E-state index >= 15 is 0 Å². The summed E-state index contributed by atoms with van der Waals surface area (Å²) in [4.78, 5) is 22.5. The van der Waals surface area contributed by atoms with Crippen molar-refractivity contribution in [1.82, 2.24) is 19.2 Å². The number of amides is 1. The van der Waals surface area contributed by atoms with Gasteiger partial charge in [-0.2, -0.15) is 0 Å². The van der Waals surface area contributed by atoms with Crippen LogP contribution < -0.4 is 9.47 Å². The van der Waals surface area contributed by atoms with Gasteiger partial charge in [-0.1, -0.05) is 41.9 Å². The largest absolute Gasteiger partial charge is 0.497 e. The van der Waals surface area contributed by atoms with Crippen LogP contribution in [0.1, 0.15) is 29.2 Å². The van der Waals surface area contributed by atoms with E-state index in [1.165, 1.54) is 0 Å². The maximum absolute atomic E-state index is 13.9. The third-order valence-electron chi connectivity index (χ3n) is 6.40. The Hall–Kier alpha value is -3.55. The number of aromatic nitrogens is 2. The van der Waals surface area contributed by atoms with E-state index in [9.17, 15) is 4.79 Å². The first-order valence-electron chi connectivity index (χ1n) is 12.2. The number of hydrogen-bond donors (Lipinski definition) is 0. The Morgan fingerprint density at radius 3 is 2.35 bits per heavy atom. The fraction of sp³-hybridized carbons (Fsp3) is 0.310. The van der Waals surface area contributed by atoms with Crippen molar-refractivity contribution in [2.45, 2.75) is 18.9 Å². The van der Waals surface area contributed by atoms with Crippen molar-refractivity contribution in [2.24, 2.45) is 0 Å². The third kappa shape index (κ3) is 6.61. The standard InChI is InChI=1S/C29H33ClN4O3/c1-32(2)12-13-33(19-21-8-6-5-7-9-21)29(35)17-26(22-14-24(36-3)16-25(15-22)37-4)27-18-31-28-11-10-23(30)20-34(27)28/h5-11,14-16,18,20,26H,12-13,17,19H2,1-4H3. The fourth-order valence-corrected chi connectivity index (χ4v) is 4.54. The topological polar surface area (TPSA) is 59.3 Å². The Balaban J connectivity index is 1.74. The zero-order valence-corrected chi connectivity index (χ0v) is 22.5. The molecular weight excluding hydrogens is 488 g/mol.